The molecule has 3 rings (SSSR count). The van der Waals surface area contributed by atoms with Crippen molar-refractivity contribution >= 4 is 12.0 Å². The highest BCUT2D eigenvalue weighted by Gasteiger charge is 2.29. The van der Waals surface area contributed by atoms with Crippen LogP contribution in [0.2, 0.25) is 0 Å². The van der Waals surface area contributed by atoms with Crippen molar-refractivity contribution in [1.82, 2.24) is 5.32 Å². The van der Waals surface area contributed by atoms with Crippen molar-refractivity contribution in [2.75, 3.05) is 13.3 Å². The fraction of sp³-hybridized carbons (Fsp3) is 0.438. The summed E-state index contributed by atoms with van der Waals surface area (Å²) in [6.45, 7) is 0.744. The molecule has 5 nitrogen and oxygen atoms in total. The van der Waals surface area contributed by atoms with E-state index >= 15 is 0 Å². The smallest absolute Gasteiger partial charge is 0.244 e. The molecule has 1 amide bonds. The third-order valence-corrected chi connectivity index (χ3v) is 3.73. The predicted octanol–water partition coefficient (Wildman–Crippen LogP) is 1.71. The Bertz CT molecular complexity index is 551. The lowest BCUT2D eigenvalue weighted by Gasteiger charge is -2.08. The van der Waals surface area contributed by atoms with Crippen LogP contribution in [0.4, 0.5) is 0 Å². The molecule has 1 saturated carbocycles. The topological polar surface area (TPSA) is 67.8 Å². The Morgan fingerprint density at radius 2 is 2.19 bits per heavy atom. The van der Waals surface area contributed by atoms with Gasteiger partial charge in [-0.1, -0.05) is 6.07 Å². The summed E-state index contributed by atoms with van der Waals surface area (Å²) >= 11 is 0. The third-order valence-electron chi connectivity index (χ3n) is 3.73. The average molecular weight is 289 g/mol. The molecule has 1 heterocycles. The Morgan fingerprint density at radius 3 is 3.00 bits per heavy atom. The zero-order valence-electron chi connectivity index (χ0n) is 11.7. The van der Waals surface area contributed by atoms with Crippen LogP contribution in [0.3, 0.4) is 0 Å². The van der Waals surface area contributed by atoms with Crippen LogP contribution < -0.4 is 14.8 Å². The maximum Gasteiger partial charge on any atom is 0.244 e. The highest BCUT2D eigenvalue weighted by atomic mass is 16.7. The van der Waals surface area contributed by atoms with Gasteiger partial charge < -0.3 is 19.9 Å². The van der Waals surface area contributed by atoms with Crippen LogP contribution in [0.15, 0.2) is 24.3 Å². The number of hydrogen-bond donors (Lipinski definition) is 2. The summed E-state index contributed by atoms with van der Waals surface area (Å²) < 4.78 is 10.5. The van der Waals surface area contributed by atoms with Crippen LogP contribution in [-0.4, -0.2) is 30.5 Å². The van der Waals surface area contributed by atoms with Gasteiger partial charge in [0.25, 0.3) is 0 Å². The normalized spacial score (nSPS) is 18.0. The number of nitrogens with one attached hydrogen (secondary N) is 1. The first-order valence-electron chi connectivity index (χ1n) is 7.26. The Morgan fingerprint density at radius 1 is 1.38 bits per heavy atom. The average Bonchev–Trinajstić information content (AvgIpc) is 3.23. The zero-order chi connectivity index (χ0) is 14.7. The summed E-state index contributed by atoms with van der Waals surface area (Å²) in [5, 5.41) is 12.5. The van der Waals surface area contributed by atoms with Crippen LogP contribution in [0.5, 0.6) is 11.5 Å². The Balaban J connectivity index is 1.45. The molecular weight excluding hydrogens is 270 g/mol. The van der Waals surface area contributed by atoms with E-state index in [1.807, 2.05) is 18.2 Å². The molecule has 2 N–H and O–H groups in total. The second kappa shape index (κ2) is 6.18. The largest absolute Gasteiger partial charge is 0.454 e. The molecule has 1 fully saturated rings. The van der Waals surface area contributed by atoms with Gasteiger partial charge in [-0.25, -0.2) is 0 Å². The number of aliphatic hydroxyl groups excluding tert-OH is 1. The molecule has 0 radical (unpaired) electrons. The lowest BCUT2D eigenvalue weighted by Crippen LogP contribution is -2.26. The van der Waals surface area contributed by atoms with E-state index in [0.29, 0.717) is 24.6 Å². The van der Waals surface area contributed by atoms with E-state index in [4.69, 9.17) is 9.47 Å². The highest BCUT2D eigenvalue weighted by Crippen LogP contribution is 2.34. The minimum absolute atomic E-state index is 0.157. The zero-order valence-corrected chi connectivity index (χ0v) is 11.7. The van der Waals surface area contributed by atoms with E-state index in [1.54, 1.807) is 6.08 Å². The van der Waals surface area contributed by atoms with Gasteiger partial charge in [0, 0.05) is 12.6 Å². The van der Waals surface area contributed by atoms with Crippen molar-refractivity contribution in [3.63, 3.8) is 0 Å². The van der Waals surface area contributed by atoms with Crippen LogP contribution in [0.1, 0.15) is 24.8 Å². The maximum atomic E-state index is 11.7. The molecule has 112 valence electrons. The van der Waals surface area contributed by atoms with E-state index in [-0.39, 0.29) is 18.8 Å². The van der Waals surface area contributed by atoms with E-state index in [2.05, 4.69) is 5.32 Å². The maximum absolute atomic E-state index is 11.7. The Labute approximate surface area is 123 Å². The number of rotatable bonds is 6. The number of ether oxygens (including phenoxy) is 2. The molecule has 5 heteroatoms. The van der Waals surface area contributed by atoms with Gasteiger partial charge in [0.1, 0.15) is 0 Å². The standard InChI is InChI=1S/C16H19NO4/c18-13(12-3-4-12)7-8-17-16(19)6-2-11-1-5-14-15(9-11)21-10-20-14/h1-2,5-6,9,12-13,18H,3-4,7-8,10H2,(H,17,19)/b6-2+/t13-/m0/s1. The molecule has 1 atom stereocenters. The number of fused-ring (bicyclic) bond motifs is 1. The van der Waals surface area contributed by atoms with Crippen molar-refractivity contribution in [2.45, 2.75) is 25.4 Å². The Kier molecular flexibility index (Phi) is 4.10. The molecule has 0 bridgehead atoms. The second-order valence-corrected chi connectivity index (χ2v) is 5.43. The lowest BCUT2D eigenvalue weighted by molar-refractivity contribution is -0.116. The summed E-state index contributed by atoms with van der Waals surface area (Å²) in [5.74, 6) is 1.72. The Hall–Kier alpha value is -2.01. The molecule has 0 aromatic heterocycles. The first-order valence-corrected chi connectivity index (χ1v) is 7.26. The van der Waals surface area contributed by atoms with Gasteiger partial charge in [0.05, 0.1) is 6.10 Å². The van der Waals surface area contributed by atoms with E-state index < -0.39 is 0 Å². The monoisotopic (exact) mass is 289 g/mol. The minimum atomic E-state index is -0.275. The minimum Gasteiger partial charge on any atom is -0.454 e. The van der Waals surface area contributed by atoms with Crippen LogP contribution in [0, 0.1) is 5.92 Å². The molecule has 1 aliphatic carbocycles. The summed E-state index contributed by atoms with van der Waals surface area (Å²) in [5.41, 5.74) is 0.882. The van der Waals surface area contributed by atoms with Gasteiger partial charge in [0.15, 0.2) is 11.5 Å². The molecule has 2 aliphatic rings. The summed E-state index contributed by atoms with van der Waals surface area (Å²) in [6, 6.07) is 5.53. The van der Waals surface area contributed by atoms with Crippen LogP contribution in [-0.2, 0) is 4.79 Å². The first-order chi connectivity index (χ1) is 10.2. The highest BCUT2D eigenvalue weighted by molar-refractivity contribution is 5.91. The number of amides is 1. The molecule has 1 aromatic rings. The van der Waals surface area contributed by atoms with Crippen molar-refractivity contribution < 1.29 is 19.4 Å². The predicted molar refractivity (Wildman–Crippen MR) is 78.0 cm³/mol. The second-order valence-electron chi connectivity index (χ2n) is 5.43. The molecule has 0 spiro atoms. The molecule has 1 aliphatic heterocycles. The van der Waals surface area contributed by atoms with Crippen LogP contribution >= 0.6 is 0 Å². The van der Waals surface area contributed by atoms with Crippen molar-refractivity contribution in [2.24, 2.45) is 5.92 Å². The molecule has 21 heavy (non-hydrogen) atoms. The lowest BCUT2D eigenvalue weighted by atomic mass is 10.1. The number of hydrogen-bond acceptors (Lipinski definition) is 4. The van der Waals surface area contributed by atoms with Crippen molar-refractivity contribution in [3.8, 4) is 11.5 Å². The third kappa shape index (κ3) is 3.76. The van der Waals surface area contributed by atoms with Gasteiger partial charge >= 0.3 is 0 Å². The van der Waals surface area contributed by atoms with Gasteiger partial charge in [-0.05, 0) is 49.0 Å². The van der Waals surface area contributed by atoms with Gasteiger partial charge in [-0.3, -0.25) is 4.79 Å². The number of carbonyl (C=O) groups excluding carboxylic acids is 1. The fourth-order valence-corrected chi connectivity index (χ4v) is 2.31. The number of carbonyl (C=O) groups is 1. The van der Waals surface area contributed by atoms with Gasteiger partial charge in [0.2, 0.25) is 12.7 Å². The molecule has 0 unspecified atom stereocenters. The van der Waals surface area contributed by atoms with E-state index in [1.165, 1.54) is 6.08 Å². The quantitative estimate of drug-likeness (QED) is 0.782. The molecule has 0 saturated heterocycles. The van der Waals surface area contributed by atoms with Crippen molar-refractivity contribution in [3.05, 3.63) is 29.8 Å². The SMILES string of the molecule is O=C(/C=C/c1ccc2c(c1)OCO2)NCC[C@H](O)C1CC1. The number of aliphatic hydroxyl groups is 1. The molecular formula is C16H19NO4. The summed E-state index contributed by atoms with van der Waals surface area (Å²) in [7, 11) is 0. The number of benzene rings is 1. The van der Waals surface area contributed by atoms with E-state index in [0.717, 1.165) is 24.2 Å². The van der Waals surface area contributed by atoms with E-state index in [9.17, 15) is 9.90 Å². The summed E-state index contributed by atoms with van der Waals surface area (Å²) in [4.78, 5) is 11.7. The summed E-state index contributed by atoms with van der Waals surface area (Å²) in [6.07, 6.45) is 5.78. The fourth-order valence-electron chi connectivity index (χ4n) is 2.31. The first kappa shape index (κ1) is 13.9. The van der Waals surface area contributed by atoms with Gasteiger partial charge in [-0.15, -0.1) is 0 Å². The van der Waals surface area contributed by atoms with Crippen molar-refractivity contribution in [1.29, 1.82) is 0 Å². The van der Waals surface area contributed by atoms with Gasteiger partial charge in [-0.2, -0.15) is 0 Å². The molecule has 1 aromatic carbocycles. The van der Waals surface area contributed by atoms with Crippen LogP contribution in [0.25, 0.3) is 6.08 Å².